The Morgan fingerprint density at radius 2 is 1.10 bits per heavy atom. The monoisotopic (exact) mass is 627 g/mol. The minimum Gasteiger partial charge on any atom is -0.456 e. The van der Waals surface area contributed by atoms with Crippen LogP contribution in [0.25, 0.3) is 94.8 Å². The summed E-state index contributed by atoms with van der Waals surface area (Å²) in [5.74, 6) is 1.89. The second kappa shape index (κ2) is 11.1. The maximum absolute atomic E-state index is 6.53. The Hall–Kier alpha value is -6.39. The van der Waals surface area contributed by atoms with E-state index in [2.05, 4.69) is 140 Å². The summed E-state index contributed by atoms with van der Waals surface area (Å²) in [4.78, 5) is 15.6. The van der Waals surface area contributed by atoms with Gasteiger partial charge >= 0.3 is 0 Å². The lowest BCUT2D eigenvalue weighted by Crippen LogP contribution is -2.02. The molecule has 0 atom stereocenters. The third kappa shape index (κ3) is 4.80. The first-order valence-electron chi connectivity index (χ1n) is 16.7. The number of aromatic nitrogens is 3. The number of furan rings is 1. The molecule has 0 aliphatic heterocycles. The highest BCUT2D eigenvalue weighted by molar-refractivity contribution is 6.13. The Morgan fingerprint density at radius 3 is 1.90 bits per heavy atom. The molecule has 230 valence electrons. The van der Waals surface area contributed by atoms with E-state index in [0.29, 0.717) is 17.5 Å². The third-order valence-corrected chi connectivity index (χ3v) is 9.73. The maximum Gasteiger partial charge on any atom is 0.164 e. The molecule has 0 bridgehead atoms. The molecule has 0 saturated carbocycles. The first-order valence-corrected chi connectivity index (χ1v) is 16.7. The highest BCUT2D eigenvalue weighted by Gasteiger charge is 2.20. The number of benzene rings is 7. The molecule has 0 N–H and O–H groups in total. The Kier molecular flexibility index (Phi) is 6.28. The zero-order valence-corrected chi connectivity index (χ0v) is 26.6. The topological polar surface area (TPSA) is 51.8 Å². The van der Waals surface area contributed by atoms with Crippen molar-refractivity contribution < 1.29 is 4.42 Å². The quantitative estimate of drug-likeness (QED) is 0.195. The van der Waals surface area contributed by atoms with E-state index >= 15 is 0 Å². The van der Waals surface area contributed by atoms with Gasteiger partial charge in [0.25, 0.3) is 0 Å². The van der Waals surface area contributed by atoms with Gasteiger partial charge in [-0.05, 0) is 93.0 Å². The van der Waals surface area contributed by atoms with Gasteiger partial charge in [-0.1, -0.05) is 115 Å². The molecule has 4 heteroatoms. The van der Waals surface area contributed by atoms with Crippen molar-refractivity contribution in [3.63, 3.8) is 0 Å². The predicted molar refractivity (Wildman–Crippen MR) is 201 cm³/mol. The van der Waals surface area contributed by atoms with Gasteiger partial charge < -0.3 is 4.42 Å². The van der Waals surface area contributed by atoms with Gasteiger partial charge in [0.2, 0.25) is 0 Å². The van der Waals surface area contributed by atoms with Gasteiger partial charge in [-0.15, -0.1) is 0 Å². The number of rotatable bonds is 4. The van der Waals surface area contributed by atoms with E-state index in [1.807, 2.05) is 12.1 Å². The average Bonchev–Trinajstić information content (AvgIpc) is 3.55. The van der Waals surface area contributed by atoms with Crippen LogP contribution in [0.3, 0.4) is 0 Å². The van der Waals surface area contributed by atoms with E-state index in [1.165, 1.54) is 27.3 Å². The number of hydrogen-bond acceptors (Lipinski definition) is 4. The zero-order chi connectivity index (χ0) is 32.3. The van der Waals surface area contributed by atoms with Crippen molar-refractivity contribution in [2.75, 3.05) is 0 Å². The van der Waals surface area contributed by atoms with Crippen molar-refractivity contribution in [3.05, 3.63) is 157 Å². The molecule has 2 heterocycles. The van der Waals surface area contributed by atoms with Crippen LogP contribution in [0.2, 0.25) is 0 Å². The second-order valence-corrected chi connectivity index (χ2v) is 12.8. The Morgan fingerprint density at radius 1 is 0.469 bits per heavy atom. The van der Waals surface area contributed by atoms with Crippen LogP contribution >= 0.6 is 0 Å². The first kappa shape index (κ1) is 27.7. The number of para-hydroxylation sites is 1. The lowest BCUT2D eigenvalue weighted by molar-refractivity contribution is 0.669. The number of aryl methyl sites for hydroxylation is 1. The van der Waals surface area contributed by atoms with E-state index in [0.717, 1.165) is 68.0 Å². The molecular formula is C45H29N3O. The largest absolute Gasteiger partial charge is 0.456 e. The van der Waals surface area contributed by atoms with Gasteiger partial charge in [0.15, 0.2) is 17.5 Å². The predicted octanol–water partition coefficient (Wildman–Crippen LogP) is 11.7. The normalized spacial score (nSPS) is 12.7. The summed E-state index contributed by atoms with van der Waals surface area (Å²) in [7, 11) is 0. The number of hydrogen-bond donors (Lipinski definition) is 0. The van der Waals surface area contributed by atoms with E-state index in [9.17, 15) is 0 Å². The molecule has 7 aromatic carbocycles. The molecule has 0 fully saturated rings. The van der Waals surface area contributed by atoms with Crippen molar-refractivity contribution in [3.8, 4) is 45.3 Å². The van der Waals surface area contributed by atoms with E-state index in [1.54, 1.807) is 0 Å². The van der Waals surface area contributed by atoms with Crippen LogP contribution in [0.1, 0.15) is 17.5 Å². The summed E-state index contributed by atoms with van der Waals surface area (Å²) in [6, 6.07) is 49.0. The van der Waals surface area contributed by atoms with Crippen LogP contribution < -0.4 is 0 Å². The van der Waals surface area contributed by atoms with Crippen LogP contribution in [-0.4, -0.2) is 15.0 Å². The lowest BCUT2D eigenvalue weighted by Gasteiger charge is -2.14. The van der Waals surface area contributed by atoms with Crippen molar-refractivity contribution in [1.29, 1.82) is 0 Å². The smallest absolute Gasteiger partial charge is 0.164 e. The molecule has 0 unspecified atom stereocenters. The highest BCUT2D eigenvalue weighted by Crippen LogP contribution is 2.40. The van der Waals surface area contributed by atoms with Crippen molar-refractivity contribution in [1.82, 2.24) is 15.0 Å². The standard InChI is InChI=1S/C45H29N3O/c1-4-12-31-23-34(20-17-28(31)9-1)37-26-39(42-38-15-7-8-16-40(38)49-41(42)27-37)45-47-43(35-21-18-29-10-2-5-13-32(29)24-35)46-44(48-45)36-22-19-30-11-3-6-14-33(30)25-36/h1-2,4-10,12-27H,3,11H2. The summed E-state index contributed by atoms with van der Waals surface area (Å²) in [5, 5.41) is 6.74. The number of fused-ring (bicyclic) bond motifs is 6. The summed E-state index contributed by atoms with van der Waals surface area (Å²) < 4.78 is 6.53. The maximum atomic E-state index is 6.53. The van der Waals surface area contributed by atoms with Gasteiger partial charge in [-0.25, -0.2) is 15.0 Å². The Bertz CT molecular complexity index is 2790. The molecule has 9 aromatic rings. The second-order valence-electron chi connectivity index (χ2n) is 12.8. The summed E-state index contributed by atoms with van der Waals surface area (Å²) in [6.07, 6.45) is 6.56. The van der Waals surface area contributed by atoms with Gasteiger partial charge in [0, 0.05) is 27.5 Å². The Labute approximate surface area is 283 Å². The lowest BCUT2D eigenvalue weighted by atomic mass is 9.95. The van der Waals surface area contributed by atoms with Crippen LogP contribution in [0, 0.1) is 0 Å². The van der Waals surface area contributed by atoms with Crippen LogP contribution in [0.15, 0.2) is 150 Å². The number of nitrogens with zero attached hydrogens (tertiary/aromatic N) is 3. The minimum atomic E-state index is 0.612. The van der Waals surface area contributed by atoms with Gasteiger partial charge in [0.05, 0.1) is 0 Å². The molecule has 0 spiro atoms. The fraction of sp³-hybridized carbons (Fsp3) is 0.0444. The molecule has 1 aliphatic carbocycles. The molecule has 4 nitrogen and oxygen atoms in total. The molecule has 1 aliphatic rings. The molecule has 2 aromatic heterocycles. The highest BCUT2D eigenvalue weighted by atomic mass is 16.3. The van der Waals surface area contributed by atoms with Crippen molar-refractivity contribution >= 4 is 49.6 Å². The SMILES string of the molecule is C1=Cc2cc(-c3nc(-c4ccc5ccccc5c4)nc(-c4cc(-c5ccc6ccccc6c5)cc5oc6ccccc6c45)n3)ccc2CC1. The van der Waals surface area contributed by atoms with E-state index < -0.39 is 0 Å². The van der Waals surface area contributed by atoms with Crippen LogP contribution in [0.4, 0.5) is 0 Å². The first-order chi connectivity index (χ1) is 24.2. The molecule has 0 radical (unpaired) electrons. The fourth-order valence-corrected chi connectivity index (χ4v) is 7.22. The summed E-state index contributed by atoms with van der Waals surface area (Å²) in [5.41, 5.74) is 9.18. The molecular weight excluding hydrogens is 599 g/mol. The fourth-order valence-electron chi connectivity index (χ4n) is 7.22. The molecule has 49 heavy (non-hydrogen) atoms. The third-order valence-electron chi connectivity index (χ3n) is 9.73. The Balaban J connectivity index is 1.25. The van der Waals surface area contributed by atoms with Crippen molar-refractivity contribution in [2.24, 2.45) is 0 Å². The van der Waals surface area contributed by atoms with Gasteiger partial charge in [-0.3, -0.25) is 0 Å². The number of allylic oxidation sites excluding steroid dienone is 1. The summed E-state index contributed by atoms with van der Waals surface area (Å²) in [6.45, 7) is 0. The van der Waals surface area contributed by atoms with Crippen LogP contribution in [0.5, 0.6) is 0 Å². The zero-order valence-electron chi connectivity index (χ0n) is 26.6. The molecule has 0 saturated heterocycles. The molecule has 0 amide bonds. The van der Waals surface area contributed by atoms with Gasteiger partial charge in [-0.2, -0.15) is 0 Å². The minimum absolute atomic E-state index is 0.612. The van der Waals surface area contributed by atoms with E-state index in [-0.39, 0.29) is 0 Å². The summed E-state index contributed by atoms with van der Waals surface area (Å²) >= 11 is 0. The van der Waals surface area contributed by atoms with Crippen LogP contribution in [-0.2, 0) is 6.42 Å². The molecule has 10 rings (SSSR count). The van der Waals surface area contributed by atoms with Crippen molar-refractivity contribution in [2.45, 2.75) is 12.8 Å². The van der Waals surface area contributed by atoms with E-state index in [4.69, 9.17) is 19.4 Å². The average molecular weight is 628 g/mol. The van der Waals surface area contributed by atoms with Gasteiger partial charge in [0.1, 0.15) is 11.2 Å².